The molecule has 1 aliphatic rings. The van der Waals surface area contributed by atoms with E-state index in [1.54, 1.807) is 45.0 Å². The SMILES string of the molecule is CC(C)(C)OC(=O)N(Cc1ccc(-n2c(N)c(C(=O)c3ccc(F)cc3)ccc2=O)cc1)[C@@H](Cc1ccccc1)C(=O)OC1CCCC1. The van der Waals surface area contributed by atoms with Crippen molar-refractivity contribution in [2.24, 2.45) is 0 Å². The van der Waals surface area contributed by atoms with Gasteiger partial charge in [0.15, 0.2) is 5.78 Å². The molecule has 0 spiro atoms. The maximum absolute atomic E-state index is 13.8. The third kappa shape index (κ3) is 8.36. The molecule has 1 fully saturated rings. The van der Waals surface area contributed by atoms with Crippen molar-refractivity contribution in [3.63, 3.8) is 0 Å². The van der Waals surface area contributed by atoms with Crippen molar-refractivity contribution in [1.82, 2.24) is 9.47 Å². The zero-order valence-electron chi connectivity index (χ0n) is 27.4. The first-order chi connectivity index (χ1) is 22.9. The van der Waals surface area contributed by atoms with Gasteiger partial charge in [-0.1, -0.05) is 42.5 Å². The summed E-state index contributed by atoms with van der Waals surface area (Å²) in [5.74, 6) is -1.50. The Kier molecular flexibility index (Phi) is 10.4. The lowest BCUT2D eigenvalue weighted by molar-refractivity contribution is -0.155. The molecular formula is C38H40FN3O6. The van der Waals surface area contributed by atoms with E-state index >= 15 is 0 Å². The number of ketones is 1. The minimum Gasteiger partial charge on any atom is -0.461 e. The summed E-state index contributed by atoms with van der Waals surface area (Å²) in [6, 6.07) is 22.9. The minimum absolute atomic E-state index is 0.0138. The molecule has 9 nitrogen and oxygen atoms in total. The second-order valence-corrected chi connectivity index (χ2v) is 13.0. The molecule has 0 unspecified atom stereocenters. The van der Waals surface area contributed by atoms with Crippen LogP contribution in [-0.4, -0.2) is 45.1 Å². The number of esters is 1. The molecule has 10 heteroatoms. The molecule has 1 heterocycles. The average Bonchev–Trinajstić information content (AvgIpc) is 3.56. The molecule has 5 rings (SSSR count). The van der Waals surface area contributed by atoms with E-state index in [1.807, 2.05) is 30.3 Å². The number of nitrogens with two attached hydrogens (primary N) is 1. The van der Waals surface area contributed by atoms with E-state index in [4.69, 9.17) is 15.2 Å². The number of ether oxygens (including phenoxy) is 2. The summed E-state index contributed by atoms with van der Waals surface area (Å²) in [7, 11) is 0. The summed E-state index contributed by atoms with van der Waals surface area (Å²) in [5.41, 5.74) is 7.31. The Morgan fingerprint density at radius 1 is 0.896 bits per heavy atom. The van der Waals surface area contributed by atoms with Gasteiger partial charge in [0.1, 0.15) is 29.4 Å². The van der Waals surface area contributed by atoms with Crippen molar-refractivity contribution in [3.8, 4) is 5.69 Å². The molecule has 1 amide bonds. The monoisotopic (exact) mass is 653 g/mol. The quantitative estimate of drug-likeness (QED) is 0.151. The first-order valence-electron chi connectivity index (χ1n) is 16.0. The molecular weight excluding hydrogens is 613 g/mol. The van der Waals surface area contributed by atoms with Gasteiger partial charge in [0.25, 0.3) is 5.56 Å². The molecule has 0 radical (unpaired) electrons. The smallest absolute Gasteiger partial charge is 0.411 e. The Hall–Kier alpha value is -5.25. The highest BCUT2D eigenvalue weighted by Crippen LogP contribution is 2.25. The molecule has 4 aromatic rings. The van der Waals surface area contributed by atoms with Crippen molar-refractivity contribution in [1.29, 1.82) is 0 Å². The number of carbonyl (C=O) groups is 3. The highest BCUT2D eigenvalue weighted by Gasteiger charge is 2.36. The normalized spacial score (nSPS) is 13.9. The van der Waals surface area contributed by atoms with E-state index in [2.05, 4.69) is 0 Å². The third-order valence-electron chi connectivity index (χ3n) is 8.16. The summed E-state index contributed by atoms with van der Waals surface area (Å²) < 4.78 is 26.3. The molecule has 2 N–H and O–H groups in total. The van der Waals surface area contributed by atoms with Crippen LogP contribution in [-0.2, 0) is 27.2 Å². The number of halogens is 1. The number of rotatable bonds is 10. The van der Waals surface area contributed by atoms with Crippen molar-refractivity contribution in [2.45, 2.75) is 77.2 Å². The van der Waals surface area contributed by atoms with Gasteiger partial charge in [-0.2, -0.15) is 0 Å². The van der Waals surface area contributed by atoms with Crippen LogP contribution in [0.2, 0.25) is 0 Å². The van der Waals surface area contributed by atoms with Crippen LogP contribution in [0.5, 0.6) is 0 Å². The fraction of sp³-hybridized carbons (Fsp3) is 0.316. The number of aromatic nitrogens is 1. The second-order valence-electron chi connectivity index (χ2n) is 13.0. The summed E-state index contributed by atoms with van der Waals surface area (Å²) in [5, 5.41) is 0. The molecule has 0 aliphatic heterocycles. The Bertz CT molecular complexity index is 1810. The van der Waals surface area contributed by atoms with E-state index in [-0.39, 0.29) is 36.0 Å². The van der Waals surface area contributed by atoms with Crippen molar-refractivity contribution >= 4 is 23.7 Å². The Morgan fingerprint density at radius 2 is 1.54 bits per heavy atom. The van der Waals surface area contributed by atoms with Crippen LogP contribution in [0.1, 0.15) is 73.5 Å². The van der Waals surface area contributed by atoms with Crippen LogP contribution < -0.4 is 11.3 Å². The summed E-state index contributed by atoms with van der Waals surface area (Å²) in [6.45, 7) is 5.30. The molecule has 0 saturated heterocycles. The number of carbonyl (C=O) groups excluding carboxylic acids is 3. The summed E-state index contributed by atoms with van der Waals surface area (Å²) in [4.78, 5) is 55.0. The zero-order valence-corrected chi connectivity index (χ0v) is 27.4. The highest BCUT2D eigenvalue weighted by atomic mass is 19.1. The van der Waals surface area contributed by atoms with Gasteiger partial charge in [-0.05, 0) is 100 Å². The largest absolute Gasteiger partial charge is 0.461 e. The van der Waals surface area contributed by atoms with Crippen molar-refractivity contribution in [3.05, 3.63) is 129 Å². The maximum Gasteiger partial charge on any atom is 0.411 e. The lowest BCUT2D eigenvalue weighted by Gasteiger charge is -2.33. The topological polar surface area (TPSA) is 121 Å². The maximum atomic E-state index is 13.8. The molecule has 250 valence electrons. The predicted octanol–water partition coefficient (Wildman–Crippen LogP) is 6.62. The fourth-order valence-corrected chi connectivity index (χ4v) is 5.75. The Labute approximate surface area is 279 Å². The molecule has 1 aromatic heterocycles. The van der Waals surface area contributed by atoms with Crippen LogP contribution in [0.3, 0.4) is 0 Å². The van der Waals surface area contributed by atoms with Gasteiger partial charge in [-0.25, -0.2) is 14.0 Å². The third-order valence-corrected chi connectivity index (χ3v) is 8.16. The number of nitrogen functional groups attached to an aromatic ring is 1. The van der Waals surface area contributed by atoms with Crippen LogP contribution in [0.4, 0.5) is 15.0 Å². The number of hydrogen-bond acceptors (Lipinski definition) is 7. The van der Waals surface area contributed by atoms with E-state index in [0.29, 0.717) is 11.3 Å². The van der Waals surface area contributed by atoms with Gasteiger partial charge in [0.05, 0.1) is 11.3 Å². The molecule has 1 aliphatic carbocycles. The number of nitrogens with zero attached hydrogens (tertiary/aromatic N) is 2. The zero-order chi connectivity index (χ0) is 34.4. The lowest BCUT2D eigenvalue weighted by atomic mass is 10.0. The first-order valence-corrected chi connectivity index (χ1v) is 16.0. The molecule has 3 aromatic carbocycles. The van der Waals surface area contributed by atoms with Crippen LogP contribution in [0.25, 0.3) is 5.69 Å². The number of pyridine rings is 1. The number of hydrogen-bond donors (Lipinski definition) is 1. The highest BCUT2D eigenvalue weighted by molar-refractivity contribution is 6.11. The molecule has 1 atom stereocenters. The summed E-state index contributed by atoms with van der Waals surface area (Å²) in [6.07, 6.45) is 2.92. The van der Waals surface area contributed by atoms with E-state index in [1.165, 1.54) is 45.9 Å². The number of anilines is 1. The molecule has 48 heavy (non-hydrogen) atoms. The van der Waals surface area contributed by atoms with Crippen molar-refractivity contribution < 1.29 is 28.2 Å². The van der Waals surface area contributed by atoms with Gasteiger partial charge in [-0.3, -0.25) is 19.1 Å². The fourth-order valence-electron chi connectivity index (χ4n) is 5.75. The lowest BCUT2D eigenvalue weighted by Crippen LogP contribution is -2.49. The predicted molar refractivity (Wildman–Crippen MR) is 180 cm³/mol. The summed E-state index contributed by atoms with van der Waals surface area (Å²) >= 11 is 0. The van der Waals surface area contributed by atoms with Gasteiger partial charge in [0, 0.05) is 24.6 Å². The first kappa shape index (κ1) is 34.1. The molecule has 1 saturated carbocycles. The second kappa shape index (κ2) is 14.7. The van der Waals surface area contributed by atoms with Gasteiger partial charge in [-0.15, -0.1) is 0 Å². The Morgan fingerprint density at radius 3 is 2.17 bits per heavy atom. The van der Waals surface area contributed by atoms with E-state index in [9.17, 15) is 23.6 Å². The van der Waals surface area contributed by atoms with Gasteiger partial charge in [0.2, 0.25) is 0 Å². The average molecular weight is 654 g/mol. The van der Waals surface area contributed by atoms with Crippen LogP contribution >= 0.6 is 0 Å². The van der Waals surface area contributed by atoms with Crippen LogP contribution in [0, 0.1) is 5.82 Å². The standard InChI is InChI=1S/C38H40FN3O6/c1-38(2,3)48-37(46)41(32(23-25-9-5-4-6-10-25)36(45)47-30-11-7-8-12-30)24-26-13-19-29(20-14-26)42-33(43)22-21-31(35(42)40)34(44)27-15-17-28(39)18-16-27/h4-6,9-10,13-22,30,32H,7-8,11-12,23-24,40H2,1-3H3/t32-/m0/s1. The van der Waals surface area contributed by atoms with Crippen LogP contribution in [0.15, 0.2) is 95.8 Å². The van der Waals surface area contributed by atoms with Gasteiger partial charge < -0.3 is 15.2 Å². The van der Waals surface area contributed by atoms with E-state index < -0.39 is 40.9 Å². The van der Waals surface area contributed by atoms with Gasteiger partial charge >= 0.3 is 12.1 Å². The number of amides is 1. The Balaban J connectivity index is 1.46. The minimum atomic E-state index is -0.963. The molecule has 0 bridgehead atoms. The number of benzene rings is 3. The van der Waals surface area contributed by atoms with Crippen molar-refractivity contribution in [2.75, 3.05) is 5.73 Å². The van der Waals surface area contributed by atoms with E-state index in [0.717, 1.165) is 31.2 Å².